The highest BCUT2D eigenvalue weighted by Gasteiger charge is 2.79. The summed E-state index contributed by atoms with van der Waals surface area (Å²) in [6.45, 7) is 3.85. The molecule has 0 spiro atoms. The first-order valence-corrected chi connectivity index (χ1v) is 10.1. The van der Waals surface area contributed by atoms with Gasteiger partial charge in [-0.15, -0.1) is 0 Å². The Labute approximate surface area is 169 Å². The van der Waals surface area contributed by atoms with Crippen molar-refractivity contribution in [3.8, 4) is 0 Å². The predicted molar refractivity (Wildman–Crippen MR) is 108 cm³/mol. The van der Waals surface area contributed by atoms with Crippen molar-refractivity contribution in [1.29, 1.82) is 0 Å². The number of esters is 2. The Kier molecular flexibility index (Phi) is 3.73. The van der Waals surface area contributed by atoms with E-state index in [0.717, 1.165) is 28.7 Å². The molecule has 1 aliphatic heterocycles. The molecule has 0 unspecified atom stereocenters. The van der Waals surface area contributed by atoms with Crippen LogP contribution < -0.4 is 0 Å². The number of carbonyl (C=O) groups is 3. The van der Waals surface area contributed by atoms with Gasteiger partial charge in [0.2, 0.25) is 0 Å². The van der Waals surface area contributed by atoms with Gasteiger partial charge in [0, 0.05) is 0 Å². The minimum absolute atomic E-state index is 0.00967. The fourth-order valence-electron chi connectivity index (χ4n) is 6.16. The molecule has 146 valence electrons. The minimum Gasteiger partial charge on any atom is -0.393 e. The summed E-state index contributed by atoms with van der Waals surface area (Å²) in [5, 5.41) is 0. The Bertz CT molecular complexity index is 1070. The fourth-order valence-corrected chi connectivity index (χ4v) is 6.16. The molecule has 2 aromatic carbocycles. The fraction of sp³-hybridized carbons (Fsp3) is 0.320. The molecule has 0 N–H and O–H groups in total. The zero-order valence-corrected chi connectivity index (χ0v) is 16.5. The molecule has 4 atom stereocenters. The summed E-state index contributed by atoms with van der Waals surface area (Å²) in [5.41, 5.74) is 1.52. The summed E-state index contributed by atoms with van der Waals surface area (Å²) in [6, 6.07) is 19.6. The average molecular weight is 386 g/mol. The molecule has 2 fully saturated rings. The van der Waals surface area contributed by atoms with E-state index in [4.69, 9.17) is 4.74 Å². The number of Topliss-reactive ketones (excluding diaryl/α,β-unsaturated/α-hetero) is 1. The zero-order valence-electron chi connectivity index (χ0n) is 16.5. The largest absolute Gasteiger partial charge is 0.393 e. The van der Waals surface area contributed by atoms with Crippen LogP contribution in [0.3, 0.4) is 0 Å². The molecule has 1 saturated heterocycles. The lowest BCUT2D eigenvalue weighted by Gasteiger charge is -2.36. The van der Waals surface area contributed by atoms with Gasteiger partial charge in [0.15, 0.2) is 5.78 Å². The number of allylic oxidation sites excluding steroid dienone is 2. The molecule has 1 saturated carbocycles. The van der Waals surface area contributed by atoms with Crippen LogP contribution in [-0.4, -0.2) is 17.7 Å². The van der Waals surface area contributed by atoms with E-state index < -0.39 is 34.6 Å². The lowest BCUT2D eigenvalue weighted by molar-refractivity contribution is -0.157. The molecule has 1 heterocycles. The number of ketones is 1. The van der Waals surface area contributed by atoms with E-state index in [9.17, 15) is 14.4 Å². The molecular weight excluding hydrogens is 364 g/mol. The average Bonchev–Trinajstić information content (AvgIpc) is 3.22. The van der Waals surface area contributed by atoms with Crippen molar-refractivity contribution in [2.45, 2.75) is 26.7 Å². The Morgan fingerprint density at radius 2 is 1.31 bits per heavy atom. The maximum atomic E-state index is 14.1. The van der Waals surface area contributed by atoms with Crippen LogP contribution >= 0.6 is 0 Å². The van der Waals surface area contributed by atoms with Crippen LogP contribution in [0.4, 0.5) is 0 Å². The first-order valence-electron chi connectivity index (χ1n) is 10.1. The molecule has 2 aliphatic carbocycles. The van der Waals surface area contributed by atoms with Gasteiger partial charge in [0.25, 0.3) is 0 Å². The summed E-state index contributed by atoms with van der Waals surface area (Å²) in [6.07, 6.45) is 1.25. The molecule has 0 amide bonds. The second kappa shape index (κ2) is 5.99. The number of cyclic esters (lactones) is 2. The second-order valence-corrected chi connectivity index (χ2v) is 8.43. The number of rotatable bonds is 4. The topological polar surface area (TPSA) is 60.4 Å². The van der Waals surface area contributed by atoms with E-state index in [2.05, 4.69) is 0 Å². The second-order valence-electron chi connectivity index (χ2n) is 8.43. The van der Waals surface area contributed by atoms with E-state index in [1.54, 1.807) is 0 Å². The number of fused-ring (bicyclic) bond motifs is 5. The monoisotopic (exact) mass is 386 g/mol. The molecule has 29 heavy (non-hydrogen) atoms. The van der Waals surface area contributed by atoms with Crippen molar-refractivity contribution in [2.24, 2.45) is 22.7 Å². The van der Waals surface area contributed by atoms with Crippen molar-refractivity contribution in [2.75, 3.05) is 0 Å². The third-order valence-corrected chi connectivity index (χ3v) is 7.06. The molecule has 4 heteroatoms. The zero-order chi connectivity index (χ0) is 20.4. The highest BCUT2D eigenvalue weighted by Crippen LogP contribution is 2.74. The number of hydrogen-bond acceptors (Lipinski definition) is 4. The molecule has 0 radical (unpaired) electrons. The van der Waals surface area contributed by atoms with Crippen LogP contribution in [0.15, 0.2) is 60.7 Å². The van der Waals surface area contributed by atoms with Crippen LogP contribution in [0.2, 0.25) is 0 Å². The Morgan fingerprint density at radius 1 is 0.793 bits per heavy atom. The van der Waals surface area contributed by atoms with Crippen molar-refractivity contribution >= 4 is 28.9 Å². The minimum atomic E-state index is -1.07. The molecule has 0 aromatic heterocycles. The summed E-state index contributed by atoms with van der Waals surface area (Å²) < 4.78 is 5.11. The van der Waals surface area contributed by atoms with Gasteiger partial charge in [-0.3, -0.25) is 14.4 Å². The summed E-state index contributed by atoms with van der Waals surface area (Å²) in [5.74, 6) is -2.61. The third-order valence-electron chi connectivity index (χ3n) is 7.06. The number of carbonyl (C=O) groups excluding carboxylic acids is 3. The maximum Gasteiger partial charge on any atom is 0.318 e. The van der Waals surface area contributed by atoms with Gasteiger partial charge in [-0.1, -0.05) is 74.0 Å². The highest BCUT2D eigenvalue weighted by molar-refractivity contribution is 6.28. The predicted octanol–water partition coefficient (Wildman–Crippen LogP) is 4.30. The number of hydrogen-bond donors (Lipinski definition) is 0. The standard InChI is InChI=1S/C25H22O4/c1-3-14-25-18(16-12-8-5-9-13-16)17(15-10-6-4-7-11-15)24(2,23(25)28)19-20(25)22(27)29-21(19)26/h4-13,19-20H,3,14H2,1-2H3/t19-,20+,24+,25-/m1/s1. The van der Waals surface area contributed by atoms with Gasteiger partial charge in [-0.2, -0.15) is 0 Å². The van der Waals surface area contributed by atoms with Gasteiger partial charge < -0.3 is 4.74 Å². The van der Waals surface area contributed by atoms with E-state index in [1.807, 2.05) is 74.5 Å². The van der Waals surface area contributed by atoms with Gasteiger partial charge in [-0.25, -0.2) is 0 Å². The first kappa shape index (κ1) is 18.0. The van der Waals surface area contributed by atoms with Crippen LogP contribution in [-0.2, 0) is 19.1 Å². The SMILES string of the molecule is CCC[C@@]12C(=O)[C@@](C)(C(c3ccccc3)=C1c1ccccc1)[C@H]1C(=O)OC(=O)[C@H]12. The van der Waals surface area contributed by atoms with E-state index in [0.29, 0.717) is 6.42 Å². The Balaban J connectivity index is 1.92. The van der Waals surface area contributed by atoms with Crippen molar-refractivity contribution < 1.29 is 19.1 Å². The van der Waals surface area contributed by atoms with E-state index in [1.165, 1.54) is 0 Å². The number of benzene rings is 2. The van der Waals surface area contributed by atoms with Gasteiger partial charge in [-0.05, 0) is 35.6 Å². The quantitative estimate of drug-likeness (QED) is 0.581. The van der Waals surface area contributed by atoms with Gasteiger partial charge in [0.1, 0.15) is 0 Å². The van der Waals surface area contributed by atoms with Crippen LogP contribution in [0.25, 0.3) is 11.1 Å². The Hall–Kier alpha value is -3.01. The first-order chi connectivity index (χ1) is 14.0. The lowest BCUT2D eigenvalue weighted by Crippen LogP contribution is -2.37. The molecular formula is C25H22O4. The van der Waals surface area contributed by atoms with Crippen molar-refractivity contribution in [3.05, 3.63) is 71.8 Å². The molecule has 5 rings (SSSR count). The third kappa shape index (κ3) is 2.01. The summed E-state index contributed by atoms with van der Waals surface area (Å²) >= 11 is 0. The van der Waals surface area contributed by atoms with E-state index in [-0.39, 0.29) is 5.78 Å². The molecule has 2 aromatic rings. The van der Waals surface area contributed by atoms with Crippen LogP contribution in [0.5, 0.6) is 0 Å². The maximum absolute atomic E-state index is 14.1. The number of ether oxygens (including phenoxy) is 1. The molecule has 2 bridgehead atoms. The van der Waals surface area contributed by atoms with Crippen molar-refractivity contribution in [3.63, 3.8) is 0 Å². The van der Waals surface area contributed by atoms with Crippen molar-refractivity contribution in [1.82, 2.24) is 0 Å². The Morgan fingerprint density at radius 3 is 1.86 bits per heavy atom. The van der Waals surface area contributed by atoms with E-state index >= 15 is 0 Å². The summed E-state index contributed by atoms with van der Waals surface area (Å²) in [7, 11) is 0. The summed E-state index contributed by atoms with van der Waals surface area (Å²) in [4.78, 5) is 39.7. The lowest BCUT2D eigenvalue weighted by atomic mass is 9.61. The van der Waals surface area contributed by atoms with Gasteiger partial charge in [0.05, 0.1) is 22.7 Å². The molecule has 3 aliphatic rings. The smallest absolute Gasteiger partial charge is 0.318 e. The molecule has 4 nitrogen and oxygen atoms in total. The van der Waals surface area contributed by atoms with Gasteiger partial charge >= 0.3 is 11.9 Å². The van der Waals surface area contributed by atoms with Crippen LogP contribution in [0.1, 0.15) is 37.8 Å². The highest BCUT2D eigenvalue weighted by atomic mass is 16.6. The normalized spacial score (nSPS) is 32.7. The van der Waals surface area contributed by atoms with Crippen LogP contribution in [0, 0.1) is 22.7 Å².